The van der Waals surface area contributed by atoms with Gasteiger partial charge in [-0.1, -0.05) is 55.0 Å². The van der Waals surface area contributed by atoms with Crippen LogP contribution in [0, 0.1) is 12.8 Å². The van der Waals surface area contributed by atoms with Crippen molar-refractivity contribution in [2.45, 2.75) is 26.3 Å². The van der Waals surface area contributed by atoms with Crippen LogP contribution in [0.25, 0.3) is 10.9 Å². The molecule has 27 heavy (non-hydrogen) atoms. The van der Waals surface area contributed by atoms with E-state index >= 15 is 0 Å². The normalized spacial score (nSPS) is 18.0. The Kier molecular flexibility index (Phi) is 5.07. The van der Waals surface area contributed by atoms with Gasteiger partial charge in [0.05, 0.1) is 11.1 Å². The molecule has 0 N–H and O–H groups in total. The Balaban J connectivity index is 0.00000210. The van der Waals surface area contributed by atoms with E-state index in [1.165, 1.54) is 5.56 Å². The Morgan fingerprint density at radius 2 is 1.70 bits per heavy atom. The summed E-state index contributed by atoms with van der Waals surface area (Å²) in [6.45, 7) is 6.33. The quantitative estimate of drug-likeness (QED) is 0.624. The third-order valence-electron chi connectivity index (χ3n) is 5.44. The van der Waals surface area contributed by atoms with Crippen LogP contribution < -0.4 is 5.56 Å². The first-order chi connectivity index (χ1) is 12.5. The highest BCUT2D eigenvalue weighted by molar-refractivity contribution is 5.85. The van der Waals surface area contributed by atoms with Crippen LogP contribution >= 0.6 is 12.4 Å². The average molecular weight is 379 g/mol. The summed E-state index contributed by atoms with van der Waals surface area (Å²) >= 11 is 0. The zero-order valence-corrected chi connectivity index (χ0v) is 16.5. The molecule has 3 nitrogen and oxygen atoms in total. The van der Waals surface area contributed by atoms with Gasteiger partial charge in [0.2, 0.25) is 0 Å². The molecule has 0 saturated carbocycles. The van der Waals surface area contributed by atoms with E-state index in [2.05, 4.69) is 50.0 Å². The summed E-state index contributed by atoms with van der Waals surface area (Å²) in [6.07, 6.45) is 3.86. The number of nitrogens with zero attached hydrogens (tertiary/aromatic N) is 2. The second-order valence-corrected chi connectivity index (χ2v) is 7.18. The van der Waals surface area contributed by atoms with Gasteiger partial charge < -0.3 is 0 Å². The molecule has 0 fully saturated rings. The molecule has 1 aromatic heterocycles. The van der Waals surface area contributed by atoms with Gasteiger partial charge in [-0.2, -0.15) is 0 Å². The van der Waals surface area contributed by atoms with Crippen LogP contribution in [-0.2, 0) is 5.54 Å². The van der Waals surface area contributed by atoms with Crippen molar-refractivity contribution < 1.29 is 0 Å². The standard InChI is InChI=1S/C23H22N2O.ClH/c1-16-8-11-19(12-9-16)23(3,20-15-24-14-17(20)2)25-21-7-5-4-6-18(21)10-13-22(25)26;/h4-15,17H,1-3H3;1H. The van der Waals surface area contributed by atoms with Crippen molar-refractivity contribution in [1.82, 2.24) is 4.57 Å². The Morgan fingerprint density at radius 3 is 2.37 bits per heavy atom. The number of aryl methyl sites for hydroxylation is 1. The summed E-state index contributed by atoms with van der Waals surface area (Å²) in [7, 11) is 0. The first-order valence-electron chi connectivity index (χ1n) is 8.94. The van der Waals surface area contributed by atoms with Crippen molar-refractivity contribution in [2.75, 3.05) is 0 Å². The van der Waals surface area contributed by atoms with Crippen molar-refractivity contribution in [1.29, 1.82) is 0 Å². The van der Waals surface area contributed by atoms with E-state index in [-0.39, 0.29) is 23.9 Å². The lowest BCUT2D eigenvalue weighted by Crippen LogP contribution is -2.42. The Morgan fingerprint density at radius 1 is 1.00 bits per heavy atom. The Bertz CT molecular complexity index is 1100. The van der Waals surface area contributed by atoms with Gasteiger partial charge in [0.15, 0.2) is 0 Å². The van der Waals surface area contributed by atoms with Crippen molar-refractivity contribution in [3.63, 3.8) is 0 Å². The predicted molar refractivity (Wildman–Crippen MR) is 115 cm³/mol. The second-order valence-electron chi connectivity index (χ2n) is 7.18. The predicted octanol–water partition coefficient (Wildman–Crippen LogP) is 5.10. The lowest BCUT2D eigenvalue weighted by atomic mass is 9.79. The Labute approximate surface area is 165 Å². The van der Waals surface area contributed by atoms with Crippen LogP contribution in [0.5, 0.6) is 0 Å². The minimum atomic E-state index is -0.610. The molecule has 0 amide bonds. The summed E-state index contributed by atoms with van der Waals surface area (Å²) in [5.74, 6) is 0.173. The number of benzene rings is 2. The molecule has 0 radical (unpaired) electrons. The van der Waals surface area contributed by atoms with Gasteiger partial charge >= 0.3 is 0 Å². The molecular weight excluding hydrogens is 356 g/mol. The van der Waals surface area contributed by atoms with E-state index < -0.39 is 5.54 Å². The number of pyridine rings is 1. The van der Waals surface area contributed by atoms with Gasteiger partial charge in [0.1, 0.15) is 0 Å². The third-order valence-corrected chi connectivity index (χ3v) is 5.44. The number of allylic oxidation sites excluding steroid dienone is 1. The topological polar surface area (TPSA) is 34.4 Å². The van der Waals surface area contributed by atoms with Crippen molar-refractivity contribution in [2.24, 2.45) is 10.9 Å². The van der Waals surface area contributed by atoms with Crippen molar-refractivity contribution in [3.05, 3.63) is 93.9 Å². The fraction of sp³-hybridized carbons (Fsp3) is 0.217. The second kappa shape index (κ2) is 7.16. The molecule has 0 bridgehead atoms. The summed E-state index contributed by atoms with van der Waals surface area (Å²) in [4.78, 5) is 17.5. The van der Waals surface area contributed by atoms with Crippen LogP contribution in [0.3, 0.4) is 0 Å². The van der Waals surface area contributed by atoms with Crippen LogP contribution in [0.1, 0.15) is 25.0 Å². The monoisotopic (exact) mass is 378 g/mol. The van der Waals surface area contributed by atoms with Crippen LogP contribution in [-0.4, -0.2) is 10.8 Å². The van der Waals surface area contributed by atoms with Gasteiger partial charge in [0.25, 0.3) is 5.56 Å². The van der Waals surface area contributed by atoms with Crippen LogP contribution in [0.2, 0.25) is 0 Å². The molecular formula is C23H23ClN2O. The van der Waals surface area contributed by atoms with E-state index in [1.54, 1.807) is 6.07 Å². The maximum atomic E-state index is 13.1. The summed E-state index contributed by atoms with van der Waals surface area (Å²) < 4.78 is 1.92. The molecule has 0 aliphatic carbocycles. The van der Waals surface area contributed by atoms with Gasteiger partial charge in [-0.25, -0.2) is 0 Å². The maximum absolute atomic E-state index is 13.1. The lowest BCUT2D eigenvalue weighted by molar-refractivity contribution is 0.443. The molecule has 0 spiro atoms. The van der Waals surface area contributed by atoms with E-state index in [0.29, 0.717) is 0 Å². The van der Waals surface area contributed by atoms with Crippen molar-refractivity contribution >= 4 is 29.5 Å². The summed E-state index contributed by atoms with van der Waals surface area (Å²) in [5.41, 5.74) is 3.73. The fourth-order valence-corrected chi connectivity index (χ4v) is 3.97. The molecule has 2 heterocycles. The van der Waals surface area contributed by atoms with E-state index in [0.717, 1.165) is 22.0 Å². The average Bonchev–Trinajstić information content (AvgIpc) is 3.08. The number of aliphatic imine (C=N–C) groups is 1. The molecule has 138 valence electrons. The highest BCUT2D eigenvalue weighted by atomic mass is 35.5. The SMILES string of the molecule is Cc1ccc(C(C)(C2=CN=CC2C)n2c(=O)ccc3ccccc32)cc1.Cl. The first-order valence-corrected chi connectivity index (χ1v) is 8.94. The summed E-state index contributed by atoms with van der Waals surface area (Å²) in [6, 6.07) is 20.1. The summed E-state index contributed by atoms with van der Waals surface area (Å²) in [5, 5.41) is 1.05. The molecule has 3 aromatic rings. The molecule has 1 aliphatic heterocycles. The number of rotatable bonds is 3. The number of aromatic nitrogens is 1. The van der Waals surface area contributed by atoms with Gasteiger partial charge in [0, 0.05) is 24.4 Å². The molecule has 1 aliphatic rings. The number of halogens is 1. The molecule has 2 aromatic carbocycles. The molecule has 0 saturated heterocycles. The number of para-hydroxylation sites is 1. The molecule has 2 atom stereocenters. The third kappa shape index (κ3) is 3.02. The first kappa shape index (κ1) is 19.1. The largest absolute Gasteiger partial charge is 0.294 e. The van der Waals surface area contributed by atoms with E-state index in [4.69, 9.17) is 0 Å². The highest BCUT2D eigenvalue weighted by Crippen LogP contribution is 2.40. The minimum Gasteiger partial charge on any atom is -0.294 e. The number of hydrogen-bond acceptors (Lipinski definition) is 2. The van der Waals surface area contributed by atoms with Gasteiger partial charge in [-0.15, -0.1) is 12.4 Å². The maximum Gasteiger partial charge on any atom is 0.252 e. The number of fused-ring (bicyclic) bond motifs is 1. The van der Waals surface area contributed by atoms with E-state index in [9.17, 15) is 4.79 Å². The van der Waals surface area contributed by atoms with E-state index in [1.807, 2.05) is 47.3 Å². The fourth-order valence-electron chi connectivity index (χ4n) is 3.97. The van der Waals surface area contributed by atoms with Crippen LogP contribution in [0.4, 0.5) is 0 Å². The Hall–Kier alpha value is -2.65. The zero-order chi connectivity index (χ0) is 18.3. The highest BCUT2D eigenvalue weighted by Gasteiger charge is 2.38. The van der Waals surface area contributed by atoms with Gasteiger partial charge in [-0.05, 0) is 42.5 Å². The zero-order valence-electron chi connectivity index (χ0n) is 15.7. The molecule has 4 heteroatoms. The molecule has 2 unspecified atom stereocenters. The van der Waals surface area contributed by atoms with Gasteiger partial charge in [-0.3, -0.25) is 14.4 Å². The number of hydrogen-bond donors (Lipinski definition) is 0. The lowest BCUT2D eigenvalue weighted by Gasteiger charge is -2.37. The smallest absolute Gasteiger partial charge is 0.252 e. The minimum absolute atomic E-state index is 0. The van der Waals surface area contributed by atoms with Crippen LogP contribution in [0.15, 0.2) is 82.2 Å². The van der Waals surface area contributed by atoms with Crippen molar-refractivity contribution in [3.8, 4) is 0 Å². The molecule has 4 rings (SSSR count).